The van der Waals surface area contributed by atoms with Gasteiger partial charge in [-0.15, -0.1) is 0 Å². The lowest BCUT2D eigenvalue weighted by molar-refractivity contribution is -0.121. The summed E-state index contributed by atoms with van der Waals surface area (Å²) in [4.78, 5) is 11.2. The van der Waals surface area contributed by atoms with E-state index in [1.807, 2.05) is 13.2 Å². The Balaban J connectivity index is 3.02. The Morgan fingerprint density at radius 2 is 2.12 bits per heavy atom. The van der Waals surface area contributed by atoms with Gasteiger partial charge in [-0.2, -0.15) is 5.10 Å². The number of amides is 1. The Kier molecular flexibility index (Phi) is 3.93. The number of rotatable bonds is 4. The average Bonchev–Trinajstić information content (AvgIpc) is 2.55. The number of nitrogens with zero attached hydrogens (tertiary/aromatic N) is 2. The summed E-state index contributed by atoms with van der Waals surface area (Å²) in [6.45, 7) is 6.56. The van der Waals surface area contributed by atoms with Gasteiger partial charge in [-0.25, -0.2) is 0 Å². The summed E-state index contributed by atoms with van der Waals surface area (Å²) < 4.78 is 1.77. The lowest BCUT2D eigenvalue weighted by Gasteiger charge is -2.19. The number of aryl methyl sites for hydroxylation is 1. The first-order valence-corrected chi connectivity index (χ1v) is 5.78. The Bertz CT molecular complexity index is 403. The molecule has 4 N–H and O–H groups in total. The monoisotopic (exact) mass is 238 g/mol. The Morgan fingerprint density at radius 3 is 2.53 bits per heavy atom. The third-order valence-electron chi connectivity index (χ3n) is 2.77. The van der Waals surface area contributed by atoms with Gasteiger partial charge in [0.05, 0.1) is 11.6 Å². The Labute approximate surface area is 102 Å². The molecule has 0 saturated heterocycles. The minimum atomic E-state index is -0.351. The molecule has 1 atom stereocenters. The summed E-state index contributed by atoms with van der Waals surface area (Å²) in [7, 11) is 1.88. The third kappa shape index (κ3) is 3.30. The number of aromatic nitrogens is 2. The fourth-order valence-corrected chi connectivity index (χ4v) is 1.88. The van der Waals surface area contributed by atoms with E-state index in [-0.39, 0.29) is 23.8 Å². The highest BCUT2D eigenvalue weighted by atomic mass is 16.1. The van der Waals surface area contributed by atoms with E-state index in [1.165, 1.54) is 0 Å². The molecule has 1 unspecified atom stereocenters. The van der Waals surface area contributed by atoms with Gasteiger partial charge in [0, 0.05) is 25.2 Å². The summed E-state index contributed by atoms with van der Waals surface area (Å²) in [6, 6.07) is 0. The van der Waals surface area contributed by atoms with Crippen LogP contribution in [0.4, 0.5) is 0 Å². The first kappa shape index (κ1) is 13.7. The second-order valence-electron chi connectivity index (χ2n) is 5.47. The SMILES string of the molecule is Cn1cc(CC(CN)C(N)=O)c(C(C)(C)C)n1. The second-order valence-corrected chi connectivity index (χ2v) is 5.47. The molecule has 0 aliphatic carbocycles. The van der Waals surface area contributed by atoms with E-state index in [9.17, 15) is 4.79 Å². The van der Waals surface area contributed by atoms with Crippen molar-refractivity contribution in [3.63, 3.8) is 0 Å². The molecule has 5 heteroatoms. The van der Waals surface area contributed by atoms with Crippen molar-refractivity contribution in [2.45, 2.75) is 32.6 Å². The molecule has 1 rings (SSSR count). The van der Waals surface area contributed by atoms with E-state index in [2.05, 4.69) is 25.9 Å². The maximum Gasteiger partial charge on any atom is 0.222 e. The highest BCUT2D eigenvalue weighted by Gasteiger charge is 2.24. The molecular weight excluding hydrogens is 216 g/mol. The molecule has 0 fully saturated rings. The predicted octanol–water partition coefficient (Wildman–Crippen LogP) is 0.320. The fraction of sp³-hybridized carbons (Fsp3) is 0.667. The largest absolute Gasteiger partial charge is 0.369 e. The van der Waals surface area contributed by atoms with Crippen LogP contribution in [0.25, 0.3) is 0 Å². The fourth-order valence-electron chi connectivity index (χ4n) is 1.88. The van der Waals surface area contributed by atoms with Crippen LogP contribution in [-0.2, 0) is 23.7 Å². The van der Waals surface area contributed by atoms with Gasteiger partial charge in [-0.1, -0.05) is 20.8 Å². The minimum Gasteiger partial charge on any atom is -0.369 e. The first-order valence-electron chi connectivity index (χ1n) is 5.78. The van der Waals surface area contributed by atoms with Gasteiger partial charge in [-0.05, 0) is 12.0 Å². The molecule has 0 spiro atoms. The molecule has 1 heterocycles. The van der Waals surface area contributed by atoms with Crippen molar-refractivity contribution in [3.05, 3.63) is 17.5 Å². The van der Waals surface area contributed by atoms with Crippen LogP contribution in [0.3, 0.4) is 0 Å². The van der Waals surface area contributed by atoms with Crippen LogP contribution in [0.5, 0.6) is 0 Å². The topological polar surface area (TPSA) is 86.9 Å². The molecule has 0 aliphatic heterocycles. The van der Waals surface area contributed by atoms with Gasteiger partial charge in [0.2, 0.25) is 5.91 Å². The van der Waals surface area contributed by atoms with Gasteiger partial charge in [-0.3, -0.25) is 9.48 Å². The Morgan fingerprint density at radius 1 is 1.53 bits per heavy atom. The lowest BCUT2D eigenvalue weighted by Crippen LogP contribution is -2.32. The van der Waals surface area contributed by atoms with Crippen molar-refractivity contribution in [1.29, 1.82) is 0 Å². The van der Waals surface area contributed by atoms with Crippen molar-refractivity contribution in [1.82, 2.24) is 9.78 Å². The molecule has 0 radical (unpaired) electrons. The van der Waals surface area contributed by atoms with Crippen LogP contribution in [0.15, 0.2) is 6.20 Å². The number of carbonyl (C=O) groups is 1. The second kappa shape index (κ2) is 4.87. The van der Waals surface area contributed by atoms with Crippen LogP contribution in [0, 0.1) is 5.92 Å². The minimum absolute atomic E-state index is 0.0482. The van der Waals surface area contributed by atoms with E-state index in [0.29, 0.717) is 6.42 Å². The number of hydrogen-bond acceptors (Lipinski definition) is 3. The van der Waals surface area contributed by atoms with Crippen molar-refractivity contribution >= 4 is 5.91 Å². The molecule has 0 bridgehead atoms. The number of primary amides is 1. The van der Waals surface area contributed by atoms with Gasteiger partial charge in [0.15, 0.2) is 0 Å². The van der Waals surface area contributed by atoms with E-state index in [0.717, 1.165) is 11.3 Å². The summed E-state index contributed by atoms with van der Waals surface area (Å²) in [5.41, 5.74) is 12.9. The van der Waals surface area contributed by atoms with Crippen molar-refractivity contribution in [2.24, 2.45) is 24.4 Å². The highest BCUT2D eigenvalue weighted by molar-refractivity contribution is 5.77. The van der Waals surface area contributed by atoms with E-state index < -0.39 is 0 Å². The van der Waals surface area contributed by atoms with Crippen LogP contribution in [0.2, 0.25) is 0 Å². The van der Waals surface area contributed by atoms with Crippen LogP contribution in [-0.4, -0.2) is 22.2 Å². The molecule has 0 aliphatic rings. The summed E-state index contributed by atoms with van der Waals surface area (Å²) in [6.07, 6.45) is 2.50. The zero-order chi connectivity index (χ0) is 13.2. The molecule has 1 aromatic rings. The Hall–Kier alpha value is -1.36. The quantitative estimate of drug-likeness (QED) is 0.792. The molecule has 17 heavy (non-hydrogen) atoms. The van der Waals surface area contributed by atoms with Crippen LogP contribution >= 0.6 is 0 Å². The van der Waals surface area contributed by atoms with E-state index in [4.69, 9.17) is 11.5 Å². The summed E-state index contributed by atoms with van der Waals surface area (Å²) in [5.74, 6) is -0.670. The van der Waals surface area contributed by atoms with Gasteiger partial charge < -0.3 is 11.5 Å². The maximum absolute atomic E-state index is 11.2. The molecule has 5 nitrogen and oxygen atoms in total. The zero-order valence-corrected chi connectivity index (χ0v) is 11.0. The van der Waals surface area contributed by atoms with Gasteiger partial charge >= 0.3 is 0 Å². The zero-order valence-electron chi connectivity index (χ0n) is 11.0. The van der Waals surface area contributed by atoms with Crippen molar-refractivity contribution < 1.29 is 4.79 Å². The molecular formula is C12H22N4O. The van der Waals surface area contributed by atoms with Crippen LogP contribution < -0.4 is 11.5 Å². The summed E-state index contributed by atoms with van der Waals surface area (Å²) >= 11 is 0. The van der Waals surface area contributed by atoms with Gasteiger partial charge in [0.1, 0.15) is 0 Å². The number of nitrogens with two attached hydrogens (primary N) is 2. The first-order chi connectivity index (χ1) is 7.75. The van der Waals surface area contributed by atoms with Crippen LogP contribution in [0.1, 0.15) is 32.0 Å². The third-order valence-corrected chi connectivity index (χ3v) is 2.77. The number of hydrogen-bond donors (Lipinski definition) is 2. The standard InChI is InChI=1S/C12H22N4O/c1-12(2,3)10-9(7-16(4)15-10)5-8(6-13)11(14)17/h7-8H,5-6,13H2,1-4H3,(H2,14,17). The van der Waals surface area contributed by atoms with E-state index >= 15 is 0 Å². The smallest absolute Gasteiger partial charge is 0.222 e. The normalized spacial score (nSPS) is 13.7. The highest BCUT2D eigenvalue weighted by Crippen LogP contribution is 2.25. The van der Waals surface area contributed by atoms with Gasteiger partial charge in [0.25, 0.3) is 0 Å². The van der Waals surface area contributed by atoms with E-state index in [1.54, 1.807) is 4.68 Å². The molecule has 1 amide bonds. The van der Waals surface area contributed by atoms with Crippen molar-refractivity contribution in [2.75, 3.05) is 6.54 Å². The number of carbonyl (C=O) groups excluding carboxylic acids is 1. The molecule has 0 aromatic carbocycles. The molecule has 0 saturated carbocycles. The lowest BCUT2D eigenvalue weighted by atomic mass is 9.86. The summed E-state index contributed by atoms with van der Waals surface area (Å²) in [5, 5.41) is 4.45. The predicted molar refractivity (Wildman–Crippen MR) is 67.4 cm³/mol. The molecule has 96 valence electrons. The average molecular weight is 238 g/mol. The maximum atomic E-state index is 11.2. The molecule has 1 aromatic heterocycles. The van der Waals surface area contributed by atoms with Crippen molar-refractivity contribution in [3.8, 4) is 0 Å².